The molecule has 0 fully saturated rings. The van der Waals surface area contributed by atoms with Crippen molar-refractivity contribution < 1.29 is 34.0 Å². The van der Waals surface area contributed by atoms with Crippen molar-refractivity contribution in [3.63, 3.8) is 0 Å². The second kappa shape index (κ2) is 8.89. The first-order chi connectivity index (χ1) is 15.4. The first-order valence-corrected chi connectivity index (χ1v) is 9.91. The van der Waals surface area contributed by atoms with Crippen molar-refractivity contribution in [2.24, 2.45) is 5.92 Å². The average molecular weight is 435 g/mol. The van der Waals surface area contributed by atoms with Gasteiger partial charge in [0.25, 0.3) is 0 Å². The van der Waals surface area contributed by atoms with E-state index in [4.69, 9.17) is 19.3 Å². The van der Waals surface area contributed by atoms with Gasteiger partial charge in [0.15, 0.2) is 11.5 Å². The third kappa shape index (κ3) is 4.44. The molecule has 0 saturated carbocycles. The van der Waals surface area contributed by atoms with Crippen LogP contribution in [0.1, 0.15) is 18.6 Å². The molecule has 2 atom stereocenters. The highest BCUT2D eigenvalue weighted by molar-refractivity contribution is 5.92. The summed E-state index contributed by atoms with van der Waals surface area (Å²) < 4.78 is 16.3. The third-order valence-electron chi connectivity index (χ3n) is 5.11. The zero-order valence-electron chi connectivity index (χ0n) is 17.1. The van der Waals surface area contributed by atoms with Gasteiger partial charge in [-0.2, -0.15) is 0 Å². The van der Waals surface area contributed by atoms with Crippen LogP contribution in [-0.4, -0.2) is 29.1 Å². The summed E-state index contributed by atoms with van der Waals surface area (Å²) in [6.07, 6.45) is 0.939. The fraction of sp³-hybridized carbons (Fsp3) is 0.167. The zero-order chi connectivity index (χ0) is 22.7. The normalized spacial score (nSPS) is 14.3. The summed E-state index contributed by atoms with van der Waals surface area (Å²) in [5.41, 5.74) is 1.10. The van der Waals surface area contributed by atoms with Crippen LogP contribution in [0, 0.1) is 5.92 Å². The quantitative estimate of drug-likeness (QED) is 0.475. The standard InChI is InChI=1S/C24H21NO7/c1-14(6-11-22(27)28)23(18-8-9-19(26)17-5-3-2-4-16(17)18)32-24(29)25-15-7-10-20-21(12-15)31-13-30-20/h2-12,14,23,26H,13H2,1H3,(H,25,29)(H,27,28)/b11-6+/t14-,23+/m1/s1. The number of carbonyl (C=O) groups excluding carboxylic acids is 1. The van der Waals surface area contributed by atoms with E-state index in [1.54, 1.807) is 43.3 Å². The van der Waals surface area contributed by atoms with Crippen molar-refractivity contribution >= 4 is 28.5 Å². The number of nitrogens with one attached hydrogen (secondary N) is 1. The molecule has 1 aliphatic heterocycles. The van der Waals surface area contributed by atoms with E-state index in [2.05, 4.69) is 5.32 Å². The summed E-state index contributed by atoms with van der Waals surface area (Å²) in [5, 5.41) is 23.2. The molecule has 0 radical (unpaired) electrons. The van der Waals surface area contributed by atoms with Gasteiger partial charge in [0.2, 0.25) is 6.79 Å². The maximum atomic E-state index is 12.7. The van der Waals surface area contributed by atoms with E-state index >= 15 is 0 Å². The highest BCUT2D eigenvalue weighted by atomic mass is 16.7. The van der Waals surface area contributed by atoms with Gasteiger partial charge in [0.05, 0.1) is 0 Å². The molecule has 0 aromatic heterocycles. The van der Waals surface area contributed by atoms with Crippen molar-refractivity contribution in [3.05, 3.63) is 72.3 Å². The van der Waals surface area contributed by atoms with E-state index in [0.717, 1.165) is 6.08 Å². The number of amides is 1. The molecular weight excluding hydrogens is 414 g/mol. The molecule has 164 valence electrons. The Balaban J connectivity index is 1.64. The topological polar surface area (TPSA) is 114 Å². The van der Waals surface area contributed by atoms with E-state index in [9.17, 15) is 14.7 Å². The zero-order valence-corrected chi connectivity index (χ0v) is 17.1. The molecule has 32 heavy (non-hydrogen) atoms. The molecular formula is C24H21NO7. The van der Waals surface area contributed by atoms with Gasteiger partial charge in [-0.05, 0) is 23.6 Å². The number of aromatic hydroxyl groups is 1. The van der Waals surface area contributed by atoms with Crippen molar-refractivity contribution in [3.8, 4) is 17.2 Å². The van der Waals surface area contributed by atoms with Crippen molar-refractivity contribution in [2.45, 2.75) is 13.0 Å². The molecule has 1 amide bonds. The molecule has 3 aromatic rings. The predicted molar refractivity (Wildman–Crippen MR) is 117 cm³/mol. The SMILES string of the molecule is C[C@H](/C=C/C(=O)O)[C@H](OC(=O)Nc1ccc2c(c1)OCO2)c1ccc(O)c2ccccc12. The number of aliphatic carboxylic acids is 1. The van der Waals surface area contributed by atoms with Gasteiger partial charge in [0, 0.05) is 34.7 Å². The summed E-state index contributed by atoms with van der Waals surface area (Å²) in [6, 6.07) is 15.3. The average Bonchev–Trinajstić information content (AvgIpc) is 3.24. The lowest BCUT2D eigenvalue weighted by Crippen LogP contribution is -2.21. The van der Waals surface area contributed by atoms with Crippen LogP contribution in [-0.2, 0) is 9.53 Å². The number of hydrogen-bond acceptors (Lipinski definition) is 6. The Labute approximate surface area is 183 Å². The minimum absolute atomic E-state index is 0.0987. The van der Waals surface area contributed by atoms with Crippen molar-refractivity contribution in [1.82, 2.24) is 0 Å². The summed E-state index contributed by atoms with van der Waals surface area (Å²) in [6.45, 7) is 1.87. The fourth-order valence-corrected chi connectivity index (χ4v) is 3.58. The van der Waals surface area contributed by atoms with Crippen LogP contribution in [0.25, 0.3) is 10.8 Å². The molecule has 4 rings (SSSR count). The summed E-state index contributed by atoms with van der Waals surface area (Å²) in [5.74, 6) is -0.370. The molecule has 0 unspecified atom stereocenters. The lowest BCUT2D eigenvalue weighted by atomic mass is 9.92. The molecule has 8 nitrogen and oxygen atoms in total. The van der Waals surface area contributed by atoms with Gasteiger partial charge in [-0.15, -0.1) is 0 Å². The maximum absolute atomic E-state index is 12.7. The number of rotatable bonds is 6. The Hall–Kier alpha value is -4.20. The number of benzene rings is 3. The highest BCUT2D eigenvalue weighted by Gasteiger charge is 2.25. The van der Waals surface area contributed by atoms with Crippen molar-refractivity contribution in [1.29, 1.82) is 0 Å². The number of carboxylic acids is 1. The molecule has 1 aliphatic rings. The number of fused-ring (bicyclic) bond motifs is 2. The van der Waals surface area contributed by atoms with Crippen LogP contribution in [0.2, 0.25) is 0 Å². The van der Waals surface area contributed by atoms with Crippen LogP contribution in [0.5, 0.6) is 17.2 Å². The smallest absolute Gasteiger partial charge is 0.412 e. The van der Waals surface area contributed by atoms with Crippen LogP contribution in [0.4, 0.5) is 10.5 Å². The third-order valence-corrected chi connectivity index (χ3v) is 5.11. The monoisotopic (exact) mass is 435 g/mol. The Bertz CT molecular complexity index is 1200. The molecule has 3 N–H and O–H groups in total. The van der Waals surface area contributed by atoms with Gasteiger partial charge in [-0.25, -0.2) is 9.59 Å². The lowest BCUT2D eigenvalue weighted by molar-refractivity contribution is -0.131. The number of anilines is 1. The molecule has 1 heterocycles. The van der Waals surface area contributed by atoms with Crippen LogP contribution in [0.15, 0.2) is 66.7 Å². The lowest BCUT2D eigenvalue weighted by Gasteiger charge is -2.24. The largest absolute Gasteiger partial charge is 0.507 e. The van der Waals surface area contributed by atoms with Crippen LogP contribution >= 0.6 is 0 Å². The number of phenols is 1. The summed E-state index contributed by atoms with van der Waals surface area (Å²) in [4.78, 5) is 23.8. The van der Waals surface area contributed by atoms with Gasteiger partial charge in [-0.3, -0.25) is 5.32 Å². The van der Waals surface area contributed by atoms with E-state index in [-0.39, 0.29) is 12.5 Å². The summed E-state index contributed by atoms with van der Waals surface area (Å²) >= 11 is 0. The van der Waals surface area contributed by atoms with Crippen LogP contribution < -0.4 is 14.8 Å². The Morgan fingerprint density at radius 1 is 1.06 bits per heavy atom. The number of phenolic OH excluding ortho intramolecular Hbond substituents is 1. The first kappa shape index (κ1) is 21.0. The van der Waals surface area contributed by atoms with Gasteiger partial charge < -0.3 is 24.4 Å². The first-order valence-electron chi connectivity index (χ1n) is 9.91. The Morgan fingerprint density at radius 2 is 1.81 bits per heavy atom. The maximum Gasteiger partial charge on any atom is 0.412 e. The van der Waals surface area contributed by atoms with Gasteiger partial charge in [0.1, 0.15) is 11.9 Å². The van der Waals surface area contributed by atoms with Crippen molar-refractivity contribution in [2.75, 3.05) is 12.1 Å². The second-order valence-corrected chi connectivity index (χ2v) is 7.29. The van der Waals surface area contributed by atoms with Gasteiger partial charge >= 0.3 is 12.1 Å². The molecule has 0 saturated heterocycles. The number of ether oxygens (including phenoxy) is 3. The van der Waals surface area contributed by atoms with E-state index in [1.807, 2.05) is 12.1 Å². The Kier molecular flexibility index (Phi) is 5.85. The predicted octanol–water partition coefficient (Wildman–Crippen LogP) is 4.84. The fourth-order valence-electron chi connectivity index (χ4n) is 3.58. The number of carboxylic acid groups (broad SMARTS) is 1. The second-order valence-electron chi connectivity index (χ2n) is 7.29. The van der Waals surface area contributed by atoms with Gasteiger partial charge in [-0.1, -0.05) is 43.3 Å². The molecule has 3 aromatic carbocycles. The molecule has 0 aliphatic carbocycles. The molecule has 0 bridgehead atoms. The molecule has 0 spiro atoms. The minimum Gasteiger partial charge on any atom is -0.507 e. The number of carbonyl (C=O) groups is 2. The number of hydrogen-bond donors (Lipinski definition) is 3. The highest BCUT2D eigenvalue weighted by Crippen LogP contribution is 2.37. The molecule has 8 heteroatoms. The van der Waals surface area contributed by atoms with E-state index in [1.165, 1.54) is 12.1 Å². The van der Waals surface area contributed by atoms with E-state index < -0.39 is 24.1 Å². The van der Waals surface area contributed by atoms with E-state index in [0.29, 0.717) is 33.5 Å². The van der Waals surface area contributed by atoms with Crippen LogP contribution in [0.3, 0.4) is 0 Å². The Morgan fingerprint density at radius 3 is 2.59 bits per heavy atom. The minimum atomic E-state index is -1.10. The summed E-state index contributed by atoms with van der Waals surface area (Å²) in [7, 11) is 0.